The largest absolute Gasteiger partial charge is 0.480 e. The summed E-state index contributed by atoms with van der Waals surface area (Å²) in [6.07, 6.45) is 0. The summed E-state index contributed by atoms with van der Waals surface area (Å²) in [6.45, 7) is 0.342. The molecule has 0 aliphatic heterocycles. The van der Waals surface area contributed by atoms with Crippen LogP contribution < -0.4 is 10.6 Å². The van der Waals surface area contributed by atoms with Crippen molar-refractivity contribution in [3.8, 4) is 0 Å². The summed E-state index contributed by atoms with van der Waals surface area (Å²) in [6, 6.07) is 7.00. The molecule has 0 saturated heterocycles. The number of halogens is 1. The maximum absolute atomic E-state index is 10.7. The zero-order chi connectivity index (χ0) is 11.3. The minimum Gasteiger partial charge on any atom is -0.480 e. The van der Waals surface area contributed by atoms with E-state index in [0.717, 1.165) is 10.2 Å². The standard InChI is InChI=1S/C10H13BrN2O2/c1-12-9(10(14)15)6-13-8-5-3-2-4-7(8)11/h2-5,9,12-13H,6H2,1H3,(H,14,15). The van der Waals surface area contributed by atoms with Gasteiger partial charge in [0.1, 0.15) is 6.04 Å². The van der Waals surface area contributed by atoms with Crippen molar-refractivity contribution in [3.05, 3.63) is 28.7 Å². The molecule has 15 heavy (non-hydrogen) atoms. The third-order valence-electron chi connectivity index (χ3n) is 2.02. The Bertz CT molecular complexity index is 344. The van der Waals surface area contributed by atoms with Gasteiger partial charge >= 0.3 is 5.97 Å². The Hall–Kier alpha value is -1.07. The molecule has 5 heteroatoms. The van der Waals surface area contributed by atoms with Crippen LogP contribution in [-0.4, -0.2) is 30.7 Å². The van der Waals surface area contributed by atoms with Crippen LogP contribution in [0.1, 0.15) is 0 Å². The molecule has 1 rings (SSSR count). The number of aliphatic carboxylic acids is 1. The molecule has 0 spiro atoms. The Labute approximate surface area is 96.8 Å². The maximum Gasteiger partial charge on any atom is 0.322 e. The molecular formula is C10H13BrN2O2. The highest BCUT2D eigenvalue weighted by Gasteiger charge is 2.14. The van der Waals surface area contributed by atoms with E-state index in [1.807, 2.05) is 24.3 Å². The molecule has 0 aliphatic carbocycles. The number of hydrogen-bond acceptors (Lipinski definition) is 3. The summed E-state index contributed by atoms with van der Waals surface area (Å²) in [5, 5.41) is 14.6. The predicted molar refractivity (Wildman–Crippen MR) is 63.1 cm³/mol. The Morgan fingerprint density at radius 2 is 2.20 bits per heavy atom. The van der Waals surface area contributed by atoms with Gasteiger partial charge in [0, 0.05) is 16.7 Å². The molecule has 1 aromatic rings. The highest BCUT2D eigenvalue weighted by Crippen LogP contribution is 2.20. The average molecular weight is 273 g/mol. The molecule has 4 nitrogen and oxygen atoms in total. The second-order valence-electron chi connectivity index (χ2n) is 3.04. The first kappa shape index (κ1) is 12.0. The summed E-state index contributed by atoms with van der Waals surface area (Å²) in [5.74, 6) is -0.864. The summed E-state index contributed by atoms with van der Waals surface area (Å²) in [7, 11) is 1.63. The van der Waals surface area contributed by atoms with Crippen LogP contribution in [0.2, 0.25) is 0 Å². The van der Waals surface area contributed by atoms with E-state index in [4.69, 9.17) is 5.11 Å². The van der Waals surface area contributed by atoms with Gasteiger partial charge in [-0.05, 0) is 35.1 Å². The molecule has 82 valence electrons. The first-order valence-corrected chi connectivity index (χ1v) is 5.33. The number of anilines is 1. The first-order valence-electron chi connectivity index (χ1n) is 4.53. The van der Waals surface area contributed by atoms with Gasteiger partial charge in [-0.15, -0.1) is 0 Å². The third-order valence-corrected chi connectivity index (χ3v) is 2.71. The van der Waals surface area contributed by atoms with E-state index < -0.39 is 12.0 Å². The second-order valence-corrected chi connectivity index (χ2v) is 3.89. The van der Waals surface area contributed by atoms with Crippen LogP contribution in [0.25, 0.3) is 0 Å². The van der Waals surface area contributed by atoms with Crippen molar-refractivity contribution in [1.82, 2.24) is 5.32 Å². The van der Waals surface area contributed by atoms with Gasteiger partial charge in [-0.1, -0.05) is 12.1 Å². The lowest BCUT2D eigenvalue weighted by atomic mass is 10.2. The smallest absolute Gasteiger partial charge is 0.322 e. The van der Waals surface area contributed by atoms with Crippen molar-refractivity contribution < 1.29 is 9.90 Å². The number of hydrogen-bond donors (Lipinski definition) is 3. The van der Waals surface area contributed by atoms with Crippen LogP contribution in [0.3, 0.4) is 0 Å². The predicted octanol–water partition coefficient (Wildman–Crippen LogP) is 1.53. The molecule has 0 heterocycles. The van der Waals surface area contributed by atoms with Crippen LogP contribution >= 0.6 is 15.9 Å². The van der Waals surface area contributed by atoms with Crippen LogP contribution in [0.5, 0.6) is 0 Å². The minimum absolute atomic E-state index is 0.342. The third kappa shape index (κ3) is 3.53. The number of rotatable bonds is 5. The van der Waals surface area contributed by atoms with Crippen LogP contribution in [0.15, 0.2) is 28.7 Å². The Morgan fingerprint density at radius 1 is 1.53 bits per heavy atom. The van der Waals surface area contributed by atoms with Gasteiger partial charge in [-0.3, -0.25) is 4.79 Å². The van der Waals surface area contributed by atoms with Gasteiger partial charge in [-0.2, -0.15) is 0 Å². The molecular weight excluding hydrogens is 260 g/mol. The molecule has 0 bridgehead atoms. The van der Waals surface area contributed by atoms with E-state index in [2.05, 4.69) is 26.6 Å². The quantitative estimate of drug-likeness (QED) is 0.761. The summed E-state index contributed by atoms with van der Waals surface area (Å²) in [5.41, 5.74) is 0.888. The molecule has 0 radical (unpaired) electrons. The van der Waals surface area contributed by atoms with Crippen molar-refractivity contribution in [2.24, 2.45) is 0 Å². The highest BCUT2D eigenvalue weighted by molar-refractivity contribution is 9.10. The molecule has 0 fully saturated rings. The molecule has 0 amide bonds. The number of para-hydroxylation sites is 1. The van der Waals surface area contributed by atoms with Gasteiger partial charge in [-0.25, -0.2) is 0 Å². The molecule has 1 aromatic carbocycles. The normalized spacial score (nSPS) is 12.1. The van der Waals surface area contributed by atoms with Crippen molar-refractivity contribution >= 4 is 27.6 Å². The zero-order valence-electron chi connectivity index (χ0n) is 8.33. The SMILES string of the molecule is CNC(CNc1ccccc1Br)C(=O)O. The molecule has 0 aliphatic rings. The molecule has 1 unspecified atom stereocenters. The highest BCUT2D eigenvalue weighted by atomic mass is 79.9. The van der Waals surface area contributed by atoms with Crippen molar-refractivity contribution in [1.29, 1.82) is 0 Å². The minimum atomic E-state index is -0.864. The summed E-state index contributed by atoms with van der Waals surface area (Å²) < 4.78 is 0.922. The molecule has 1 atom stereocenters. The lowest BCUT2D eigenvalue weighted by Crippen LogP contribution is -2.39. The van der Waals surface area contributed by atoms with Crippen molar-refractivity contribution in [2.45, 2.75) is 6.04 Å². The topological polar surface area (TPSA) is 61.4 Å². The van der Waals surface area contributed by atoms with Gasteiger partial charge in [0.2, 0.25) is 0 Å². The van der Waals surface area contributed by atoms with E-state index in [1.54, 1.807) is 7.05 Å². The van der Waals surface area contributed by atoms with Gasteiger partial charge < -0.3 is 15.7 Å². The van der Waals surface area contributed by atoms with Gasteiger partial charge in [0.15, 0.2) is 0 Å². The van der Waals surface area contributed by atoms with Crippen LogP contribution in [-0.2, 0) is 4.79 Å². The van der Waals surface area contributed by atoms with E-state index in [1.165, 1.54) is 0 Å². The lowest BCUT2D eigenvalue weighted by molar-refractivity contribution is -0.138. The number of benzene rings is 1. The average Bonchev–Trinajstić information content (AvgIpc) is 2.21. The van der Waals surface area contributed by atoms with Crippen LogP contribution in [0.4, 0.5) is 5.69 Å². The lowest BCUT2D eigenvalue weighted by Gasteiger charge is -2.13. The number of carboxylic acids is 1. The van der Waals surface area contributed by atoms with Crippen molar-refractivity contribution in [3.63, 3.8) is 0 Å². The fraction of sp³-hybridized carbons (Fsp3) is 0.300. The van der Waals surface area contributed by atoms with E-state index in [-0.39, 0.29) is 0 Å². The number of carbonyl (C=O) groups is 1. The summed E-state index contributed by atoms with van der Waals surface area (Å²) >= 11 is 3.38. The van der Waals surface area contributed by atoms with Crippen molar-refractivity contribution in [2.75, 3.05) is 18.9 Å². The molecule has 0 aromatic heterocycles. The molecule has 0 saturated carbocycles. The first-order chi connectivity index (χ1) is 7.15. The van der Waals surface area contributed by atoms with Gasteiger partial charge in [0.05, 0.1) is 0 Å². The number of carboxylic acid groups (broad SMARTS) is 1. The van der Waals surface area contributed by atoms with Gasteiger partial charge in [0.25, 0.3) is 0 Å². The number of likely N-dealkylation sites (N-methyl/N-ethyl adjacent to an activating group) is 1. The summed E-state index contributed by atoms with van der Waals surface area (Å²) in [4.78, 5) is 10.7. The fourth-order valence-corrected chi connectivity index (χ4v) is 1.55. The van der Waals surface area contributed by atoms with Crippen LogP contribution in [0, 0.1) is 0 Å². The molecule has 3 N–H and O–H groups in total. The Balaban J connectivity index is 2.56. The monoisotopic (exact) mass is 272 g/mol. The fourth-order valence-electron chi connectivity index (χ4n) is 1.13. The van der Waals surface area contributed by atoms with E-state index >= 15 is 0 Å². The zero-order valence-corrected chi connectivity index (χ0v) is 9.91. The maximum atomic E-state index is 10.7. The second kappa shape index (κ2) is 5.72. The van der Waals surface area contributed by atoms with E-state index in [0.29, 0.717) is 6.54 Å². The van der Waals surface area contributed by atoms with E-state index in [9.17, 15) is 4.79 Å². The Kier molecular flexibility index (Phi) is 4.58. The Morgan fingerprint density at radius 3 is 2.73 bits per heavy atom. The number of nitrogens with one attached hydrogen (secondary N) is 2.